The molecule has 140 valence electrons. The van der Waals surface area contributed by atoms with Gasteiger partial charge in [-0.1, -0.05) is 24.3 Å². The number of nitrogens with one attached hydrogen (secondary N) is 1. The number of nitrogens with zero attached hydrogens (tertiary/aromatic N) is 2. The van der Waals surface area contributed by atoms with Crippen molar-refractivity contribution in [3.8, 4) is 0 Å². The van der Waals surface area contributed by atoms with Crippen LogP contribution in [0.4, 0.5) is 0 Å². The number of carbonyl (C=O) groups excluding carboxylic acids is 1. The van der Waals surface area contributed by atoms with Crippen LogP contribution in [0, 0.1) is 13.8 Å². The number of aromatic nitrogens is 1. The zero-order valence-electron chi connectivity index (χ0n) is 15.9. The zero-order valence-corrected chi connectivity index (χ0v) is 15.9. The van der Waals surface area contributed by atoms with Crippen molar-refractivity contribution in [3.05, 3.63) is 65.0 Å². The van der Waals surface area contributed by atoms with E-state index in [0.717, 1.165) is 43.7 Å². The summed E-state index contributed by atoms with van der Waals surface area (Å²) in [5.74, 6) is 0.188. The van der Waals surface area contributed by atoms with Gasteiger partial charge in [-0.15, -0.1) is 0 Å². The van der Waals surface area contributed by atoms with Crippen LogP contribution >= 0.6 is 0 Å². The summed E-state index contributed by atoms with van der Waals surface area (Å²) in [5, 5.41) is 3.12. The molecule has 1 aliphatic heterocycles. The molecule has 0 atom stereocenters. The number of amides is 1. The average Bonchev–Trinajstić information content (AvgIpc) is 3.08. The van der Waals surface area contributed by atoms with E-state index in [4.69, 9.17) is 4.42 Å². The fraction of sp³-hybridized carbons (Fsp3) is 0.364. The van der Waals surface area contributed by atoms with Crippen LogP contribution in [0.25, 0.3) is 11.1 Å². The van der Waals surface area contributed by atoms with Crippen LogP contribution in [-0.4, -0.2) is 34.9 Å². The van der Waals surface area contributed by atoms with Gasteiger partial charge in [0.05, 0.1) is 0 Å². The Balaban J connectivity index is 1.33. The van der Waals surface area contributed by atoms with Gasteiger partial charge in [0.1, 0.15) is 5.52 Å². The van der Waals surface area contributed by atoms with Gasteiger partial charge in [-0.3, -0.25) is 9.69 Å². The molecule has 0 spiro atoms. The first-order valence-electron chi connectivity index (χ1n) is 9.53. The molecule has 4 rings (SSSR count). The Morgan fingerprint density at radius 3 is 2.74 bits per heavy atom. The van der Waals surface area contributed by atoms with Crippen LogP contribution in [0.3, 0.4) is 0 Å². The Morgan fingerprint density at radius 1 is 1.19 bits per heavy atom. The number of aryl methyl sites for hydroxylation is 2. The molecule has 1 aromatic carbocycles. The maximum atomic E-state index is 12.5. The third kappa shape index (κ3) is 4.03. The van der Waals surface area contributed by atoms with Gasteiger partial charge in [-0.25, -0.2) is 4.98 Å². The van der Waals surface area contributed by atoms with Crippen LogP contribution in [0.1, 0.15) is 40.2 Å². The highest BCUT2D eigenvalue weighted by molar-refractivity contribution is 5.95. The van der Waals surface area contributed by atoms with E-state index >= 15 is 0 Å². The summed E-state index contributed by atoms with van der Waals surface area (Å²) in [4.78, 5) is 19.4. The number of hydrogen-bond donors (Lipinski definition) is 1. The summed E-state index contributed by atoms with van der Waals surface area (Å²) < 4.78 is 5.65. The molecule has 0 radical (unpaired) electrons. The van der Waals surface area contributed by atoms with Crippen molar-refractivity contribution in [1.82, 2.24) is 15.2 Å². The maximum absolute atomic E-state index is 12.5. The van der Waals surface area contributed by atoms with E-state index in [0.29, 0.717) is 11.3 Å². The Labute approximate surface area is 159 Å². The van der Waals surface area contributed by atoms with Gasteiger partial charge in [0, 0.05) is 37.4 Å². The van der Waals surface area contributed by atoms with Gasteiger partial charge < -0.3 is 9.73 Å². The summed E-state index contributed by atoms with van der Waals surface area (Å²) in [6, 6.07) is 14.2. The summed E-state index contributed by atoms with van der Waals surface area (Å²) >= 11 is 0. The Morgan fingerprint density at radius 2 is 1.96 bits per heavy atom. The van der Waals surface area contributed by atoms with Crippen LogP contribution in [0.15, 0.2) is 46.9 Å². The molecular formula is C22H25N3O2. The van der Waals surface area contributed by atoms with Gasteiger partial charge in [0.15, 0.2) is 11.3 Å². The number of rotatable bonds is 4. The number of fused-ring (bicyclic) bond motifs is 1. The zero-order chi connectivity index (χ0) is 18.8. The predicted octanol–water partition coefficient (Wildman–Crippen LogP) is 3.84. The van der Waals surface area contributed by atoms with E-state index in [1.807, 2.05) is 19.1 Å². The summed E-state index contributed by atoms with van der Waals surface area (Å²) in [6.07, 6.45) is 1.91. The molecule has 1 aliphatic rings. The first-order valence-corrected chi connectivity index (χ1v) is 9.53. The van der Waals surface area contributed by atoms with Crippen molar-refractivity contribution in [2.24, 2.45) is 0 Å². The normalized spacial score (nSPS) is 15.9. The first kappa shape index (κ1) is 17.7. The number of hydrogen-bond acceptors (Lipinski definition) is 4. The van der Waals surface area contributed by atoms with E-state index in [1.54, 1.807) is 6.07 Å². The van der Waals surface area contributed by atoms with Gasteiger partial charge in [-0.2, -0.15) is 0 Å². The van der Waals surface area contributed by atoms with E-state index in [9.17, 15) is 4.79 Å². The third-order valence-corrected chi connectivity index (χ3v) is 5.31. The third-order valence-electron chi connectivity index (χ3n) is 5.31. The summed E-state index contributed by atoms with van der Waals surface area (Å²) in [6.45, 7) is 7.03. The number of pyridine rings is 1. The first-order chi connectivity index (χ1) is 13.1. The number of carbonyl (C=O) groups is 1. The molecule has 3 heterocycles. The van der Waals surface area contributed by atoms with Gasteiger partial charge >= 0.3 is 0 Å². The standard InChI is InChI=1S/C22H25N3O2/c1-15-5-3-4-6-17(15)14-25-11-9-18(10-12-25)24-22(26)21-13-19-20(27-21)8-7-16(2)23-19/h3-8,13,18H,9-12,14H2,1-2H3,(H,24,26). The smallest absolute Gasteiger partial charge is 0.287 e. The molecule has 0 unspecified atom stereocenters. The lowest BCUT2D eigenvalue weighted by Crippen LogP contribution is -2.44. The molecule has 5 nitrogen and oxygen atoms in total. The second-order valence-electron chi connectivity index (χ2n) is 7.40. The average molecular weight is 363 g/mol. The minimum Gasteiger partial charge on any atom is -0.449 e. The quantitative estimate of drug-likeness (QED) is 0.765. The number of benzene rings is 1. The fourth-order valence-corrected chi connectivity index (χ4v) is 3.66. The summed E-state index contributed by atoms with van der Waals surface area (Å²) in [7, 11) is 0. The molecular weight excluding hydrogens is 338 g/mol. The molecule has 1 fully saturated rings. The number of likely N-dealkylation sites (tertiary alicyclic amines) is 1. The molecule has 2 aromatic heterocycles. The second kappa shape index (κ2) is 7.53. The minimum absolute atomic E-state index is 0.150. The highest BCUT2D eigenvalue weighted by Gasteiger charge is 2.23. The van der Waals surface area contributed by atoms with Crippen molar-refractivity contribution in [2.45, 2.75) is 39.3 Å². The van der Waals surface area contributed by atoms with Crippen LogP contribution in [-0.2, 0) is 6.54 Å². The van der Waals surface area contributed by atoms with E-state index in [-0.39, 0.29) is 11.9 Å². The van der Waals surface area contributed by atoms with E-state index in [2.05, 4.69) is 46.4 Å². The van der Waals surface area contributed by atoms with Crippen LogP contribution < -0.4 is 5.32 Å². The molecule has 1 amide bonds. The molecule has 0 aliphatic carbocycles. The van der Waals surface area contributed by atoms with Crippen molar-refractivity contribution in [3.63, 3.8) is 0 Å². The van der Waals surface area contributed by atoms with Crippen LogP contribution in [0.5, 0.6) is 0 Å². The lowest BCUT2D eigenvalue weighted by Gasteiger charge is -2.32. The fourth-order valence-electron chi connectivity index (χ4n) is 3.66. The number of piperidine rings is 1. The Hall–Kier alpha value is -2.66. The van der Waals surface area contributed by atoms with Gasteiger partial charge in [0.25, 0.3) is 5.91 Å². The lowest BCUT2D eigenvalue weighted by molar-refractivity contribution is 0.0883. The minimum atomic E-state index is -0.150. The van der Waals surface area contributed by atoms with Crippen molar-refractivity contribution in [2.75, 3.05) is 13.1 Å². The number of furan rings is 1. The van der Waals surface area contributed by atoms with Crippen molar-refractivity contribution < 1.29 is 9.21 Å². The second-order valence-corrected chi connectivity index (χ2v) is 7.40. The molecule has 1 N–H and O–H groups in total. The predicted molar refractivity (Wildman–Crippen MR) is 106 cm³/mol. The van der Waals surface area contributed by atoms with Gasteiger partial charge in [0.2, 0.25) is 0 Å². The summed E-state index contributed by atoms with van der Waals surface area (Å²) in [5.41, 5.74) is 5.01. The molecule has 0 bridgehead atoms. The highest BCUT2D eigenvalue weighted by Crippen LogP contribution is 2.20. The molecule has 0 saturated carbocycles. The van der Waals surface area contributed by atoms with Crippen molar-refractivity contribution in [1.29, 1.82) is 0 Å². The van der Waals surface area contributed by atoms with E-state index in [1.165, 1.54) is 11.1 Å². The van der Waals surface area contributed by atoms with Crippen LogP contribution in [0.2, 0.25) is 0 Å². The Kier molecular flexibility index (Phi) is 4.94. The van der Waals surface area contributed by atoms with Crippen molar-refractivity contribution >= 4 is 17.0 Å². The SMILES string of the molecule is Cc1ccc2oc(C(=O)NC3CCN(Cc4ccccc4C)CC3)cc2n1. The molecule has 1 saturated heterocycles. The Bertz CT molecular complexity index is 955. The lowest BCUT2D eigenvalue weighted by atomic mass is 10.0. The molecule has 27 heavy (non-hydrogen) atoms. The van der Waals surface area contributed by atoms with Gasteiger partial charge in [-0.05, 0) is 49.9 Å². The maximum Gasteiger partial charge on any atom is 0.287 e. The molecule has 5 heteroatoms. The molecule has 3 aromatic rings. The highest BCUT2D eigenvalue weighted by atomic mass is 16.3. The monoisotopic (exact) mass is 363 g/mol. The largest absolute Gasteiger partial charge is 0.449 e. The topological polar surface area (TPSA) is 58.4 Å². The van der Waals surface area contributed by atoms with E-state index < -0.39 is 0 Å².